The first-order valence-electron chi connectivity index (χ1n) is 8.43. The number of sulfone groups is 1. The highest BCUT2D eigenvalue weighted by molar-refractivity contribution is 7.91. The largest absolute Gasteiger partial charge is 0.354 e. The number of carbonyl (C=O) groups is 1. The molecule has 3 aromatic rings. The molecular formula is C17H17FN4O5S3. The van der Waals surface area contributed by atoms with Gasteiger partial charge < -0.3 is 5.32 Å². The van der Waals surface area contributed by atoms with Crippen LogP contribution in [-0.4, -0.2) is 51.3 Å². The van der Waals surface area contributed by atoms with Crippen molar-refractivity contribution in [1.29, 1.82) is 0 Å². The summed E-state index contributed by atoms with van der Waals surface area (Å²) in [6, 6.07) is 7.91. The quantitative estimate of drug-likeness (QED) is 0.487. The number of pyridine rings is 1. The fraction of sp³-hybridized carbons (Fsp3) is 0.235. The van der Waals surface area contributed by atoms with Crippen LogP contribution in [0.5, 0.6) is 0 Å². The van der Waals surface area contributed by atoms with Gasteiger partial charge in [0.05, 0.1) is 16.0 Å². The number of thiazole rings is 1. The molecule has 0 aliphatic heterocycles. The van der Waals surface area contributed by atoms with Gasteiger partial charge in [-0.05, 0) is 29.8 Å². The number of amides is 1. The molecule has 0 saturated carbocycles. The molecule has 1 unspecified atom stereocenters. The van der Waals surface area contributed by atoms with Crippen LogP contribution in [0.15, 0.2) is 36.5 Å². The van der Waals surface area contributed by atoms with Crippen molar-refractivity contribution in [3.05, 3.63) is 47.5 Å². The number of sulfonamides is 1. The van der Waals surface area contributed by atoms with Gasteiger partial charge in [-0.2, -0.15) is 4.39 Å². The summed E-state index contributed by atoms with van der Waals surface area (Å²) < 4.78 is 60.2. The number of benzene rings is 1. The molecule has 9 nitrogen and oxygen atoms in total. The fourth-order valence-corrected chi connectivity index (χ4v) is 5.61. The summed E-state index contributed by atoms with van der Waals surface area (Å²) in [6.07, 6.45) is 2.27. The van der Waals surface area contributed by atoms with Gasteiger partial charge in [0.2, 0.25) is 21.9 Å². The Labute approximate surface area is 176 Å². The zero-order valence-corrected chi connectivity index (χ0v) is 18.0. The molecule has 2 aromatic heterocycles. The fourth-order valence-electron chi connectivity index (χ4n) is 2.68. The zero-order chi connectivity index (χ0) is 22.1. The Balaban J connectivity index is 1.93. The molecule has 1 amide bonds. The van der Waals surface area contributed by atoms with Crippen LogP contribution in [0.25, 0.3) is 21.3 Å². The minimum absolute atomic E-state index is 0.0509. The van der Waals surface area contributed by atoms with Gasteiger partial charge in [0, 0.05) is 24.6 Å². The monoisotopic (exact) mass is 472 g/mol. The molecule has 0 saturated heterocycles. The van der Waals surface area contributed by atoms with E-state index in [0.717, 1.165) is 23.2 Å². The first-order valence-corrected chi connectivity index (χ1v) is 12.9. The van der Waals surface area contributed by atoms with Gasteiger partial charge in [0.1, 0.15) is 5.01 Å². The molecule has 0 bridgehead atoms. The Morgan fingerprint density at radius 2 is 1.90 bits per heavy atom. The topological polar surface area (TPSA) is 149 Å². The zero-order valence-electron chi connectivity index (χ0n) is 15.6. The van der Waals surface area contributed by atoms with E-state index in [0.29, 0.717) is 15.8 Å². The number of aromatic nitrogens is 2. The minimum Gasteiger partial charge on any atom is -0.354 e. The Kier molecular flexibility index (Phi) is 6.17. The second-order valence-electron chi connectivity index (χ2n) is 6.47. The van der Waals surface area contributed by atoms with E-state index in [4.69, 9.17) is 5.14 Å². The third kappa shape index (κ3) is 5.36. The van der Waals surface area contributed by atoms with Crippen molar-refractivity contribution in [2.24, 2.45) is 5.14 Å². The number of carbonyl (C=O) groups excluding carboxylic acids is 1. The maximum absolute atomic E-state index is 13.0. The summed E-state index contributed by atoms with van der Waals surface area (Å²) in [5, 5.41) is 5.62. The lowest BCUT2D eigenvalue weighted by molar-refractivity contribution is -0.120. The molecule has 0 radical (unpaired) electrons. The summed E-state index contributed by atoms with van der Waals surface area (Å²) in [5.74, 6) is -2.02. The number of nitrogens with two attached hydrogens (primary N) is 1. The van der Waals surface area contributed by atoms with Gasteiger partial charge in [-0.15, -0.1) is 11.3 Å². The van der Waals surface area contributed by atoms with Crippen molar-refractivity contribution in [2.45, 2.75) is 5.25 Å². The molecule has 0 fully saturated rings. The molecule has 0 spiro atoms. The molecule has 3 N–H and O–H groups in total. The number of hydrogen-bond acceptors (Lipinski definition) is 8. The van der Waals surface area contributed by atoms with Gasteiger partial charge in [0.15, 0.2) is 15.1 Å². The Bertz CT molecular complexity index is 1300. The lowest BCUT2D eigenvalue weighted by Crippen LogP contribution is -2.37. The third-order valence-corrected chi connectivity index (χ3v) is 7.34. The second kappa shape index (κ2) is 8.34. The second-order valence-corrected chi connectivity index (χ2v) is 11.4. The maximum atomic E-state index is 13.0. The summed E-state index contributed by atoms with van der Waals surface area (Å²) >= 11 is 1.02. The van der Waals surface area contributed by atoms with E-state index >= 15 is 0 Å². The third-order valence-electron chi connectivity index (χ3n) is 4.04. The SMILES string of the molecule is CS(=O)(=O)C(C(=O)NCCS(N)(=O)=O)c1nc2ccc(-c3ccc(F)nc3)cc2s1. The van der Waals surface area contributed by atoms with Crippen LogP contribution < -0.4 is 10.5 Å². The maximum Gasteiger partial charge on any atom is 0.245 e. The molecular weight excluding hydrogens is 455 g/mol. The normalized spacial score (nSPS) is 13.3. The van der Waals surface area contributed by atoms with Crippen LogP contribution >= 0.6 is 11.3 Å². The molecule has 13 heteroatoms. The van der Waals surface area contributed by atoms with Crippen LogP contribution in [0.1, 0.15) is 10.3 Å². The molecule has 30 heavy (non-hydrogen) atoms. The average molecular weight is 473 g/mol. The first kappa shape index (κ1) is 22.2. The van der Waals surface area contributed by atoms with Crippen molar-refractivity contribution < 1.29 is 26.0 Å². The summed E-state index contributed by atoms with van der Waals surface area (Å²) in [4.78, 5) is 20.3. The van der Waals surface area contributed by atoms with Crippen molar-refractivity contribution in [1.82, 2.24) is 15.3 Å². The molecule has 0 aliphatic rings. The van der Waals surface area contributed by atoms with E-state index in [2.05, 4.69) is 15.3 Å². The Morgan fingerprint density at radius 3 is 2.50 bits per heavy atom. The summed E-state index contributed by atoms with van der Waals surface area (Å²) in [7, 11) is -7.70. The molecule has 1 atom stereocenters. The number of nitrogens with one attached hydrogen (secondary N) is 1. The van der Waals surface area contributed by atoms with E-state index in [1.165, 1.54) is 12.3 Å². The first-order chi connectivity index (χ1) is 13.9. The number of fused-ring (bicyclic) bond motifs is 1. The standard InChI is InChI=1S/C17H17FN4O5S3/c1-29(24,25)15(16(23)20-6-7-30(19,26)27)17-22-12-4-2-10(8-13(12)28-17)11-3-5-14(18)21-9-11/h2-5,8-9,15H,6-7H2,1H3,(H,20,23)(H2,19,26,27). The van der Waals surface area contributed by atoms with Gasteiger partial charge in [0.25, 0.3) is 0 Å². The predicted octanol–water partition coefficient (Wildman–Crippen LogP) is 0.988. The van der Waals surface area contributed by atoms with Crippen molar-refractivity contribution in [3.63, 3.8) is 0 Å². The molecule has 1 aromatic carbocycles. The van der Waals surface area contributed by atoms with E-state index in [9.17, 15) is 26.0 Å². The number of halogens is 1. The number of primary sulfonamides is 1. The highest BCUT2D eigenvalue weighted by Crippen LogP contribution is 2.33. The van der Waals surface area contributed by atoms with E-state index in [-0.39, 0.29) is 11.6 Å². The van der Waals surface area contributed by atoms with Gasteiger partial charge in [-0.3, -0.25) is 4.79 Å². The lowest BCUT2D eigenvalue weighted by Gasteiger charge is -2.12. The van der Waals surface area contributed by atoms with Crippen molar-refractivity contribution in [2.75, 3.05) is 18.6 Å². The summed E-state index contributed by atoms with van der Waals surface area (Å²) in [5.41, 5.74) is 1.87. The van der Waals surface area contributed by atoms with Gasteiger partial charge >= 0.3 is 0 Å². The Hall–Kier alpha value is -2.48. The Morgan fingerprint density at radius 1 is 1.20 bits per heavy atom. The highest BCUT2D eigenvalue weighted by atomic mass is 32.2. The highest BCUT2D eigenvalue weighted by Gasteiger charge is 2.33. The van der Waals surface area contributed by atoms with Gasteiger partial charge in [-0.1, -0.05) is 6.07 Å². The minimum atomic E-state index is -3.89. The van der Waals surface area contributed by atoms with Crippen molar-refractivity contribution in [3.8, 4) is 11.1 Å². The van der Waals surface area contributed by atoms with E-state index in [1.807, 2.05) is 0 Å². The van der Waals surface area contributed by atoms with Crippen LogP contribution in [0.4, 0.5) is 4.39 Å². The lowest BCUT2D eigenvalue weighted by atomic mass is 10.1. The van der Waals surface area contributed by atoms with Crippen LogP contribution in [0, 0.1) is 5.95 Å². The summed E-state index contributed by atoms with van der Waals surface area (Å²) in [6.45, 7) is -0.323. The molecule has 160 valence electrons. The molecule has 2 heterocycles. The number of hydrogen-bond donors (Lipinski definition) is 2. The smallest absolute Gasteiger partial charge is 0.245 e. The average Bonchev–Trinajstić information content (AvgIpc) is 3.02. The van der Waals surface area contributed by atoms with Crippen LogP contribution in [0.2, 0.25) is 0 Å². The van der Waals surface area contributed by atoms with Crippen LogP contribution in [0.3, 0.4) is 0 Å². The molecule has 0 aliphatic carbocycles. The van der Waals surface area contributed by atoms with Gasteiger partial charge in [-0.25, -0.2) is 31.9 Å². The number of nitrogens with zero attached hydrogens (tertiary/aromatic N) is 2. The predicted molar refractivity (Wildman–Crippen MR) is 111 cm³/mol. The van der Waals surface area contributed by atoms with Crippen molar-refractivity contribution >= 4 is 47.3 Å². The van der Waals surface area contributed by atoms with Crippen LogP contribution in [-0.2, 0) is 24.7 Å². The number of rotatable bonds is 7. The molecule has 3 rings (SSSR count). The van der Waals surface area contributed by atoms with E-state index < -0.39 is 42.7 Å². The van der Waals surface area contributed by atoms with E-state index in [1.54, 1.807) is 24.3 Å².